The molecular weight excluding hydrogens is 398 g/mol. The van der Waals surface area contributed by atoms with E-state index in [4.69, 9.17) is 9.47 Å². The lowest BCUT2D eigenvalue weighted by Crippen LogP contribution is -2.18. The second-order valence-electron chi connectivity index (χ2n) is 7.17. The number of anilines is 1. The van der Waals surface area contributed by atoms with Crippen molar-refractivity contribution in [3.63, 3.8) is 0 Å². The first-order chi connectivity index (χ1) is 14.5. The summed E-state index contributed by atoms with van der Waals surface area (Å²) in [7, 11) is 5.33. The van der Waals surface area contributed by atoms with Crippen molar-refractivity contribution in [2.75, 3.05) is 26.6 Å². The van der Waals surface area contributed by atoms with Gasteiger partial charge in [0, 0.05) is 35.8 Å². The third-order valence-electron chi connectivity index (χ3n) is 4.61. The number of hydrogen-bond donors (Lipinski definition) is 1. The second-order valence-corrected chi connectivity index (χ2v) is 8.12. The maximum absolute atomic E-state index is 12.3. The number of ether oxygens (including phenoxy) is 2. The average molecular weight is 426 g/mol. The van der Waals surface area contributed by atoms with Crippen LogP contribution in [0.15, 0.2) is 47.8 Å². The number of nitrogens with one attached hydrogen (secondary N) is 1. The van der Waals surface area contributed by atoms with Gasteiger partial charge < -0.3 is 14.8 Å². The van der Waals surface area contributed by atoms with Gasteiger partial charge in [-0.1, -0.05) is 23.8 Å². The van der Waals surface area contributed by atoms with Gasteiger partial charge in [0.1, 0.15) is 16.5 Å². The Morgan fingerprint density at radius 1 is 1.10 bits per heavy atom. The third kappa shape index (κ3) is 6.05. The van der Waals surface area contributed by atoms with Gasteiger partial charge in [-0.25, -0.2) is 4.98 Å². The molecular formula is C23H27N3O3S. The SMILES string of the molecule is COc1ccc(CN(C)Cc2csc(CC(=O)Nc3ccc(C)cc3)n2)c(OC)c1. The Morgan fingerprint density at radius 3 is 2.57 bits per heavy atom. The van der Waals surface area contributed by atoms with Gasteiger partial charge in [-0.3, -0.25) is 9.69 Å². The van der Waals surface area contributed by atoms with Gasteiger partial charge in [0.2, 0.25) is 5.91 Å². The summed E-state index contributed by atoms with van der Waals surface area (Å²) in [5.74, 6) is 1.51. The van der Waals surface area contributed by atoms with E-state index in [2.05, 4.69) is 15.2 Å². The molecule has 3 rings (SSSR count). The average Bonchev–Trinajstić information content (AvgIpc) is 3.16. The fourth-order valence-corrected chi connectivity index (χ4v) is 3.87. The molecule has 1 amide bonds. The number of carbonyl (C=O) groups is 1. The minimum Gasteiger partial charge on any atom is -0.497 e. The highest BCUT2D eigenvalue weighted by Crippen LogP contribution is 2.26. The fourth-order valence-electron chi connectivity index (χ4n) is 3.09. The first-order valence-corrected chi connectivity index (χ1v) is 10.5. The number of methoxy groups -OCH3 is 2. The van der Waals surface area contributed by atoms with Crippen LogP contribution in [-0.4, -0.2) is 37.1 Å². The Labute approximate surface area is 181 Å². The zero-order valence-electron chi connectivity index (χ0n) is 17.8. The van der Waals surface area contributed by atoms with E-state index in [1.54, 1.807) is 14.2 Å². The van der Waals surface area contributed by atoms with Crippen LogP contribution in [0.3, 0.4) is 0 Å². The number of aromatic nitrogens is 1. The van der Waals surface area contributed by atoms with Crippen LogP contribution in [0.25, 0.3) is 0 Å². The lowest BCUT2D eigenvalue weighted by atomic mass is 10.1. The highest BCUT2D eigenvalue weighted by molar-refractivity contribution is 7.09. The normalized spacial score (nSPS) is 10.8. The van der Waals surface area contributed by atoms with Crippen LogP contribution < -0.4 is 14.8 Å². The van der Waals surface area contributed by atoms with Crippen LogP contribution in [0.5, 0.6) is 11.5 Å². The van der Waals surface area contributed by atoms with Crippen LogP contribution in [0, 0.1) is 6.92 Å². The van der Waals surface area contributed by atoms with E-state index in [9.17, 15) is 4.79 Å². The van der Waals surface area contributed by atoms with E-state index in [1.165, 1.54) is 11.3 Å². The highest BCUT2D eigenvalue weighted by atomic mass is 32.1. The lowest BCUT2D eigenvalue weighted by Gasteiger charge is -2.18. The zero-order valence-corrected chi connectivity index (χ0v) is 18.6. The number of carbonyl (C=O) groups excluding carboxylic acids is 1. The van der Waals surface area contributed by atoms with Gasteiger partial charge in [-0.2, -0.15) is 0 Å². The minimum absolute atomic E-state index is 0.0592. The molecule has 30 heavy (non-hydrogen) atoms. The summed E-state index contributed by atoms with van der Waals surface area (Å²) in [6, 6.07) is 13.6. The number of benzene rings is 2. The van der Waals surface area contributed by atoms with E-state index >= 15 is 0 Å². The summed E-state index contributed by atoms with van der Waals surface area (Å²) >= 11 is 1.51. The van der Waals surface area contributed by atoms with Gasteiger partial charge >= 0.3 is 0 Å². The molecule has 0 saturated heterocycles. The largest absolute Gasteiger partial charge is 0.497 e. The van der Waals surface area contributed by atoms with E-state index in [0.717, 1.165) is 39.0 Å². The third-order valence-corrected chi connectivity index (χ3v) is 5.51. The number of aryl methyl sites for hydroxylation is 1. The molecule has 1 N–H and O–H groups in total. The van der Waals surface area contributed by atoms with Crippen molar-refractivity contribution in [2.45, 2.75) is 26.4 Å². The number of nitrogens with zero attached hydrogens (tertiary/aromatic N) is 2. The molecule has 7 heteroatoms. The Balaban J connectivity index is 1.54. The molecule has 158 valence electrons. The number of rotatable bonds is 9. The highest BCUT2D eigenvalue weighted by Gasteiger charge is 2.12. The summed E-state index contributed by atoms with van der Waals surface area (Å²) in [5.41, 5.74) is 3.99. The summed E-state index contributed by atoms with van der Waals surface area (Å²) in [6.07, 6.45) is 0.272. The summed E-state index contributed by atoms with van der Waals surface area (Å²) in [5, 5.41) is 5.74. The van der Waals surface area contributed by atoms with Crippen LogP contribution in [0.1, 0.15) is 21.8 Å². The van der Waals surface area contributed by atoms with Gasteiger partial charge in [-0.15, -0.1) is 11.3 Å². The molecule has 0 saturated carbocycles. The first-order valence-electron chi connectivity index (χ1n) is 9.66. The van der Waals surface area contributed by atoms with Crippen molar-refractivity contribution < 1.29 is 14.3 Å². The molecule has 0 aliphatic heterocycles. The van der Waals surface area contributed by atoms with E-state index in [0.29, 0.717) is 13.1 Å². The van der Waals surface area contributed by atoms with Crippen LogP contribution in [0.4, 0.5) is 5.69 Å². The van der Waals surface area contributed by atoms with Crippen molar-refractivity contribution >= 4 is 22.9 Å². The molecule has 2 aromatic carbocycles. The number of hydrogen-bond acceptors (Lipinski definition) is 6. The van der Waals surface area contributed by atoms with Gasteiger partial charge in [0.25, 0.3) is 0 Å². The quantitative estimate of drug-likeness (QED) is 0.554. The van der Waals surface area contributed by atoms with E-state index in [1.807, 2.05) is 61.8 Å². The van der Waals surface area contributed by atoms with Gasteiger partial charge in [0.15, 0.2) is 0 Å². The molecule has 0 spiro atoms. The smallest absolute Gasteiger partial charge is 0.231 e. The monoisotopic (exact) mass is 425 g/mol. The van der Waals surface area contributed by atoms with Crippen molar-refractivity contribution in [2.24, 2.45) is 0 Å². The molecule has 0 fully saturated rings. The van der Waals surface area contributed by atoms with Crippen molar-refractivity contribution in [3.8, 4) is 11.5 Å². The predicted molar refractivity (Wildman–Crippen MR) is 120 cm³/mol. The maximum atomic E-state index is 12.3. The Bertz CT molecular complexity index is 986. The number of thiazole rings is 1. The lowest BCUT2D eigenvalue weighted by molar-refractivity contribution is -0.115. The molecule has 0 bridgehead atoms. The topological polar surface area (TPSA) is 63.7 Å². The van der Waals surface area contributed by atoms with Crippen molar-refractivity contribution in [3.05, 3.63) is 69.7 Å². The Kier molecular flexibility index (Phi) is 7.43. The van der Waals surface area contributed by atoms with Crippen LogP contribution >= 0.6 is 11.3 Å². The molecule has 0 radical (unpaired) electrons. The van der Waals surface area contributed by atoms with E-state index < -0.39 is 0 Å². The van der Waals surface area contributed by atoms with Gasteiger partial charge in [-0.05, 0) is 32.2 Å². The molecule has 0 aliphatic rings. The van der Waals surface area contributed by atoms with Crippen LogP contribution in [0.2, 0.25) is 0 Å². The zero-order chi connectivity index (χ0) is 21.5. The van der Waals surface area contributed by atoms with Gasteiger partial charge in [0.05, 0.1) is 26.3 Å². The Hall–Kier alpha value is -2.90. The summed E-state index contributed by atoms with van der Waals surface area (Å²) < 4.78 is 10.7. The Morgan fingerprint density at radius 2 is 1.87 bits per heavy atom. The molecule has 0 aliphatic carbocycles. The first kappa shape index (κ1) is 21.8. The molecule has 1 heterocycles. The van der Waals surface area contributed by atoms with Crippen molar-refractivity contribution in [1.29, 1.82) is 0 Å². The molecule has 0 unspecified atom stereocenters. The van der Waals surface area contributed by atoms with Crippen molar-refractivity contribution in [1.82, 2.24) is 9.88 Å². The molecule has 6 nitrogen and oxygen atoms in total. The van der Waals surface area contributed by atoms with E-state index in [-0.39, 0.29) is 12.3 Å². The second kappa shape index (κ2) is 10.2. The molecule has 1 aromatic heterocycles. The van der Waals surface area contributed by atoms with Crippen LogP contribution in [-0.2, 0) is 24.3 Å². The predicted octanol–water partition coefficient (Wildman–Crippen LogP) is 4.28. The summed E-state index contributed by atoms with van der Waals surface area (Å²) in [4.78, 5) is 19.1. The number of amides is 1. The minimum atomic E-state index is -0.0592. The standard InChI is InChI=1S/C23H27N3O3S/c1-16-5-8-18(9-6-16)24-22(27)12-23-25-19(15-30-23)14-26(2)13-17-7-10-20(28-3)11-21(17)29-4/h5-11,15H,12-14H2,1-4H3,(H,24,27). The molecule has 0 atom stereocenters. The maximum Gasteiger partial charge on any atom is 0.231 e. The fraction of sp³-hybridized carbons (Fsp3) is 0.304. The summed E-state index contributed by atoms with van der Waals surface area (Å²) in [6.45, 7) is 3.42. The molecule has 3 aromatic rings.